The molecule has 1 aromatic carbocycles. The Morgan fingerprint density at radius 3 is 2.70 bits per heavy atom. The molecule has 0 radical (unpaired) electrons. The van der Waals surface area contributed by atoms with Crippen LogP contribution < -0.4 is 5.32 Å². The summed E-state index contributed by atoms with van der Waals surface area (Å²) in [5, 5.41) is 6.79. The lowest BCUT2D eigenvalue weighted by Gasteiger charge is -2.32. The van der Waals surface area contributed by atoms with Crippen LogP contribution in [0.3, 0.4) is 0 Å². The highest BCUT2D eigenvalue weighted by Gasteiger charge is 2.30. The van der Waals surface area contributed by atoms with E-state index in [9.17, 15) is 9.59 Å². The van der Waals surface area contributed by atoms with Crippen molar-refractivity contribution in [3.63, 3.8) is 0 Å². The summed E-state index contributed by atoms with van der Waals surface area (Å²) in [6.45, 7) is 2.93. The number of aromatic nitrogens is 2. The van der Waals surface area contributed by atoms with Crippen molar-refractivity contribution in [3.8, 4) is 0 Å². The Hall–Kier alpha value is -2.70. The number of hydrogen-bond acceptors (Lipinski definition) is 5. The van der Waals surface area contributed by atoms with Gasteiger partial charge in [-0.2, -0.15) is 4.98 Å². The van der Waals surface area contributed by atoms with E-state index in [-0.39, 0.29) is 11.8 Å². The van der Waals surface area contributed by atoms with Gasteiger partial charge >= 0.3 is 0 Å². The Labute approximate surface area is 158 Å². The first-order valence-electron chi connectivity index (χ1n) is 9.58. The third-order valence-electron chi connectivity index (χ3n) is 5.15. The minimum atomic E-state index is -0.126. The lowest BCUT2D eigenvalue weighted by atomic mass is 9.94. The van der Waals surface area contributed by atoms with Crippen molar-refractivity contribution in [2.75, 3.05) is 18.4 Å². The number of anilines is 1. The number of benzene rings is 1. The summed E-state index contributed by atoms with van der Waals surface area (Å²) in [7, 11) is 0. The third-order valence-corrected chi connectivity index (χ3v) is 5.15. The van der Waals surface area contributed by atoms with Gasteiger partial charge in [0.2, 0.25) is 11.8 Å². The second-order valence-corrected chi connectivity index (χ2v) is 7.54. The van der Waals surface area contributed by atoms with Crippen LogP contribution in [0.1, 0.15) is 60.6 Å². The number of piperidine rings is 1. The highest BCUT2D eigenvalue weighted by molar-refractivity contribution is 5.95. The molecule has 0 spiro atoms. The van der Waals surface area contributed by atoms with E-state index < -0.39 is 0 Å². The number of carbonyl (C=O) groups excluding carboxylic acids is 2. The summed E-state index contributed by atoms with van der Waals surface area (Å²) in [6, 6.07) is 7.04. The molecule has 2 amide bonds. The second kappa shape index (κ2) is 7.50. The van der Waals surface area contributed by atoms with Crippen LogP contribution >= 0.6 is 0 Å². The van der Waals surface area contributed by atoms with Gasteiger partial charge in [-0.1, -0.05) is 5.16 Å². The van der Waals surface area contributed by atoms with E-state index in [0.29, 0.717) is 35.5 Å². The fourth-order valence-corrected chi connectivity index (χ4v) is 3.60. The molecule has 142 valence electrons. The molecule has 27 heavy (non-hydrogen) atoms. The number of nitrogens with zero attached hydrogens (tertiary/aromatic N) is 3. The lowest BCUT2D eigenvalue weighted by Crippen LogP contribution is -2.40. The van der Waals surface area contributed by atoms with Crippen molar-refractivity contribution in [2.24, 2.45) is 5.92 Å². The quantitative estimate of drug-likeness (QED) is 0.876. The molecule has 4 rings (SSSR count). The zero-order chi connectivity index (χ0) is 18.8. The molecule has 1 N–H and O–H groups in total. The summed E-state index contributed by atoms with van der Waals surface area (Å²) in [4.78, 5) is 30.3. The number of hydrogen-bond donors (Lipinski definition) is 1. The normalized spacial score (nSPS) is 19.7. The Morgan fingerprint density at radius 1 is 1.22 bits per heavy atom. The van der Waals surface area contributed by atoms with Crippen LogP contribution in [0.5, 0.6) is 0 Å². The SMILES string of the molecule is CC(=O)Nc1ccc(C(=O)N2CCC[C@H](Cc3nc(C4CC4)no3)C2)cc1. The molecule has 2 aliphatic rings. The highest BCUT2D eigenvalue weighted by Crippen LogP contribution is 2.38. The number of carbonyl (C=O) groups is 2. The molecule has 1 aliphatic carbocycles. The smallest absolute Gasteiger partial charge is 0.253 e. The van der Waals surface area contributed by atoms with Crippen LogP contribution in [-0.2, 0) is 11.2 Å². The largest absolute Gasteiger partial charge is 0.339 e. The first-order valence-corrected chi connectivity index (χ1v) is 9.58. The van der Waals surface area contributed by atoms with Crippen LogP contribution in [-0.4, -0.2) is 39.9 Å². The molecular formula is C20H24N4O3. The molecule has 0 bridgehead atoms. The van der Waals surface area contributed by atoms with Gasteiger partial charge in [0, 0.05) is 43.6 Å². The van der Waals surface area contributed by atoms with Crippen molar-refractivity contribution >= 4 is 17.5 Å². The van der Waals surface area contributed by atoms with E-state index in [1.807, 2.05) is 4.90 Å². The van der Waals surface area contributed by atoms with Crippen molar-refractivity contribution in [3.05, 3.63) is 41.5 Å². The molecule has 0 unspecified atom stereocenters. The average Bonchev–Trinajstić information content (AvgIpc) is 3.41. The van der Waals surface area contributed by atoms with Gasteiger partial charge in [-0.25, -0.2) is 0 Å². The summed E-state index contributed by atoms with van der Waals surface area (Å²) in [5.74, 6) is 2.27. The molecule has 1 aromatic heterocycles. The molecule has 1 atom stereocenters. The van der Waals surface area contributed by atoms with Crippen molar-refractivity contribution in [2.45, 2.75) is 44.9 Å². The molecular weight excluding hydrogens is 344 g/mol. The standard InChI is InChI=1S/C20H24N4O3/c1-13(25)21-17-8-6-16(7-9-17)20(26)24-10-2-3-14(12-24)11-18-22-19(23-27-18)15-4-5-15/h6-9,14-15H,2-5,10-12H2,1H3,(H,21,25)/t14-/m1/s1. The Balaban J connectivity index is 1.36. The summed E-state index contributed by atoms with van der Waals surface area (Å²) >= 11 is 0. The molecule has 7 nitrogen and oxygen atoms in total. The van der Waals surface area contributed by atoms with Crippen LogP contribution in [0.4, 0.5) is 5.69 Å². The van der Waals surface area contributed by atoms with Crippen LogP contribution in [0, 0.1) is 5.92 Å². The first kappa shape index (κ1) is 17.7. The van der Waals surface area contributed by atoms with E-state index in [4.69, 9.17) is 4.52 Å². The van der Waals surface area contributed by atoms with E-state index in [0.717, 1.165) is 44.5 Å². The number of likely N-dealkylation sites (tertiary alicyclic amines) is 1. The van der Waals surface area contributed by atoms with E-state index in [2.05, 4.69) is 15.5 Å². The van der Waals surface area contributed by atoms with Crippen molar-refractivity contribution in [1.29, 1.82) is 0 Å². The maximum atomic E-state index is 12.8. The number of amides is 2. The minimum absolute atomic E-state index is 0.0262. The molecule has 1 saturated carbocycles. The average molecular weight is 368 g/mol. The number of nitrogens with one attached hydrogen (secondary N) is 1. The maximum Gasteiger partial charge on any atom is 0.253 e. The summed E-state index contributed by atoms with van der Waals surface area (Å²) in [6.07, 6.45) is 5.08. The van der Waals surface area contributed by atoms with Gasteiger partial charge in [0.05, 0.1) is 0 Å². The molecule has 2 aromatic rings. The zero-order valence-corrected chi connectivity index (χ0v) is 15.5. The van der Waals surface area contributed by atoms with Crippen LogP contribution in [0.2, 0.25) is 0 Å². The van der Waals surface area contributed by atoms with Gasteiger partial charge in [-0.3, -0.25) is 9.59 Å². The van der Waals surface area contributed by atoms with Gasteiger partial charge in [0.1, 0.15) is 0 Å². The maximum absolute atomic E-state index is 12.8. The first-order chi connectivity index (χ1) is 13.1. The number of rotatable bonds is 5. The van der Waals surface area contributed by atoms with Gasteiger partial charge in [-0.05, 0) is 55.9 Å². The molecule has 2 fully saturated rings. The van der Waals surface area contributed by atoms with Crippen molar-refractivity contribution in [1.82, 2.24) is 15.0 Å². The van der Waals surface area contributed by atoms with Gasteiger partial charge in [0.25, 0.3) is 5.91 Å². The van der Waals surface area contributed by atoms with E-state index in [1.165, 1.54) is 6.92 Å². The topological polar surface area (TPSA) is 88.3 Å². The second-order valence-electron chi connectivity index (χ2n) is 7.54. The van der Waals surface area contributed by atoms with Crippen molar-refractivity contribution < 1.29 is 14.1 Å². The summed E-state index contributed by atoms with van der Waals surface area (Å²) < 4.78 is 5.39. The van der Waals surface area contributed by atoms with Gasteiger partial charge < -0.3 is 14.7 Å². The predicted octanol–water partition coefficient (Wildman–Crippen LogP) is 3.00. The molecule has 1 aliphatic heterocycles. The molecule has 7 heteroatoms. The van der Waals surface area contributed by atoms with Crippen LogP contribution in [0.25, 0.3) is 0 Å². The third kappa shape index (κ3) is 4.35. The van der Waals surface area contributed by atoms with E-state index >= 15 is 0 Å². The Kier molecular flexibility index (Phi) is 4.92. The minimum Gasteiger partial charge on any atom is -0.339 e. The molecule has 1 saturated heterocycles. The van der Waals surface area contributed by atoms with Gasteiger partial charge in [-0.15, -0.1) is 0 Å². The van der Waals surface area contributed by atoms with E-state index in [1.54, 1.807) is 24.3 Å². The molecule has 2 heterocycles. The Morgan fingerprint density at radius 2 is 2.00 bits per heavy atom. The fraction of sp³-hybridized carbons (Fsp3) is 0.500. The van der Waals surface area contributed by atoms with Crippen LogP contribution in [0.15, 0.2) is 28.8 Å². The fourth-order valence-electron chi connectivity index (χ4n) is 3.60. The monoisotopic (exact) mass is 368 g/mol. The predicted molar refractivity (Wildman–Crippen MR) is 99.4 cm³/mol. The zero-order valence-electron chi connectivity index (χ0n) is 15.5. The summed E-state index contributed by atoms with van der Waals surface area (Å²) in [5.41, 5.74) is 1.33. The lowest BCUT2D eigenvalue weighted by molar-refractivity contribution is -0.114. The highest BCUT2D eigenvalue weighted by atomic mass is 16.5. The van der Waals surface area contributed by atoms with Gasteiger partial charge in [0.15, 0.2) is 5.82 Å². The Bertz CT molecular complexity index is 826.